The van der Waals surface area contributed by atoms with Crippen LogP contribution in [0, 0.1) is 11.8 Å². The maximum absolute atomic E-state index is 12.5. The molecule has 5 heteroatoms. The fraction of sp³-hybridized carbons (Fsp3) is 0.375. The Bertz CT molecular complexity index is 584. The van der Waals surface area contributed by atoms with Crippen molar-refractivity contribution in [3.05, 3.63) is 35.4 Å². The lowest BCUT2D eigenvalue weighted by molar-refractivity contribution is -0.123. The summed E-state index contributed by atoms with van der Waals surface area (Å²) in [5.41, 5.74) is 6.62. The topological polar surface area (TPSA) is 83.6 Å². The summed E-state index contributed by atoms with van der Waals surface area (Å²) in [6.07, 6.45) is 2.42. The summed E-state index contributed by atoms with van der Waals surface area (Å²) in [7, 11) is 0. The van der Waals surface area contributed by atoms with Gasteiger partial charge in [-0.05, 0) is 43.5 Å². The third-order valence-electron chi connectivity index (χ3n) is 3.54. The second-order valence-corrected chi connectivity index (χ2v) is 4.95. The van der Waals surface area contributed by atoms with Crippen LogP contribution in [-0.2, 0) is 4.79 Å². The molecule has 1 aromatic rings. The van der Waals surface area contributed by atoms with Gasteiger partial charge in [0, 0.05) is 17.7 Å². The van der Waals surface area contributed by atoms with Crippen molar-refractivity contribution in [2.45, 2.75) is 25.3 Å². The molecule has 1 fully saturated rings. The fourth-order valence-corrected chi connectivity index (χ4v) is 2.47. The van der Waals surface area contributed by atoms with Gasteiger partial charge in [-0.1, -0.05) is 11.8 Å². The summed E-state index contributed by atoms with van der Waals surface area (Å²) >= 11 is 0. The minimum Gasteiger partial charge on any atom is -0.384 e. The lowest BCUT2D eigenvalue weighted by Crippen LogP contribution is -2.50. The number of piperidine rings is 1. The number of primary amides is 1. The first kappa shape index (κ1) is 15.1. The zero-order valence-corrected chi connectivity index (χ0v) is 11.7. The summed E-state index contributed by atoms with van der Waals surface area (Å²) in [6.45, 7) is 0.354. The monoisotopic (exact) mass is 286 g/mol. The van der Waals surface area contributed by atoms with E-state index in [4.69, 9.17) is 10.8 Å². The number of amides is 2. The van der Waals surface area contributed by atoms with Crippen LogP contribution in [0.5, 0.6) is 0 Å². The van der Waals surface area contributed by atoms with Crippen molar-refractivity contribution >= 4 is 11.8 Å². The van der Waals surface area contributed by atoms with E-state index in [1.807, 2.05) is 0 Å². The zero-order valence-electron chi connectivity index (χ0n) is 11.7. The van der Waals surface area contributed by atoms with Crippen LogP contribution in [-0.4, -0.2) is 41.0 Å². The normalized spacial score (nSPS) is 17.8. The van der Waals surface area contributed by atoms with Gasteiger partial charge in [0.1, 0.15) is 12.6 Å². The second-order valence-electron chi connectivity index (χ2n) is 4.95. The summed E-state index contributed by atoms with van der Waals surface area (Å²) < 4.78 is 0. The van der Waals surface area contributed by atoms with Crippen molar-refractivity contribution < 1.29 is 14.7 Å². The van der Waals surface area contributed by atoms with Gasteiger partial charge in [-0.3, -0.25) is 9.59 Å². The van der Waals surface area contributed by atoms with Gasteiger partial charge in [0.15, 0.2) is 0 Å². The molecule has 1 heterocycles. The van der Waals surface area contributed by atoms with E-state index in [0.29, 0.717) is 18.5 Å². The second kappa shape index (κ2) is 6.91. The minimum absolute atomic E-state index is 0.180. The summed E-state index contributed by atoms with van der Waals surface area (Å²) in [4.78, 5) is 25.5. The molecule has 1 saturated heterocycles. The number of aliphatic hydroxyl groups excluding tert-OH is 1. The van der Waals surface area contributed by atoms with Gasteiger partial charge in [-0.2, -0.15) is 0 Å². The molecular formula is C16H18N2O3. The molecule has 1 unspecified atom stereocenters. The van der Waals surface area contributed by atoms with Crippen molar-refractivity contribution in [1.29, 1.82) is 0 Å². The van der Waals surface area contributed by atoms with Crippen molar-refractivity contribution in [3.8, 4) is 11.8 Å². The lowest BCUT2D eigenvalue weighted by Gasteiger charge is -2.33. The number of nitrogens with two attached hydrogens (primary N) is 1. The molecule has 0 radical (unpaired) electrons. The van der Waals surface area contributed by atoms with Gasteiger partial charge >= 0.3 is 0 Å². The zero-order chi connectivity index (χ0) is 15.2. The van der Waals surface area contributed by atoms with Crippen LogP contribution < -0.4 is 5.73 Å². The first-order chi connectivity index (χ1) is 10.1. The number of benzene rings is 1. The molecule has 110 valence electrons. The molecule has 5 nitrogen and oxygen atoms in total. The maximum Gasteiger partial charge on any atom is 0.254 e. The number of hydrogen-bond donors (Lipinski definition) is 2. The van der Waals surface area contributed by atoms with Crippen molar-refractivity contribution in [2.75, 3.05) is 13.2 Å². The Morgan fingerprint density at radius 2 is 2.00 bits per heavy atom. The highest BCUT2D eigenvalue weighted by atomic mass is 16.2. The number of hydrogen-bond acceptors (Lipinski definition) is 3. The van der Waals surface area contributed by atoms with Crippen molar-refractivity contribution in [2.24, 2.45) is 5.73 Å². The number of nitrogens with zero attached hydrogens (tertiary/aromatic N) is 1. The summed E-state index contributed by atoms with van der Waals surface area (Å²) in [6, 6.07) is 6.28. The molecule has 1 aromatic carbocycles. The van der Waals surface area contributed by atoms with Crippen molar-refractivity contribution in [3.63, 3.8) is 0 Å². The Hall–Kier alpha value is -2.32. The Morgan fingerprint density at radius 3 is 2.62 bits per heavy atom. The van der Waals surface area contributed by atoms with E-state index in [1.165, 1.54) is 0 Å². The van der Waals surface area contributed by atoms with Gasteiger partial charge < -0.3 is 15.7 Å². The van der Waals surface area contributed by atoms with Gasteiger partial charge in [-0.25, -0.2) is 0 Å². The molecule has 3 N–H and O–H groups in total. The van der Waals surface area contributed by atoms with Crippen molar-refractivity contribution in [1.82, 2.24) is 4.90 Å². The quantitative estimate of drug-likeness (QED) is 0.777. The highest BCUT2D eigenvalue weighted by Gasteiger charge is 2.30. The van der Waals surface area contributed by atoms with Crippen LogP contribution in [0.3, 0.4) is 0 Å². The molecule has 1 aliphatic rings. The number of carbonyl (C=O) groups excluding carboxylic acids is 2. The third kappa shape index (κ3) is 3.61. The van der Waals surface area contributed by atoms with Gasteiger partial charge in [0.2, 0.25) is 5.91 Å². The van der Waals surface area contributed by atoms with E-state index in [-0.39, 0.29) is 12.5 Å². The Labute approximate surface area is 123 Å². The Morgan fingerprint density at radius 1 is 1.29 bits per heavy atom. The lowest BCUT2D eigenvalue weighted by atomic mass is 10.00. The predicted molar refractivity (Wildman–Crippen MR) is 78.3 cm³/mol. The smallest absolute Gasteiger partial charge is 0.254 e. The SMILES string of the molecule is NC(=O)C1CCCCN1C(=O)c1ccc(C#CCO)cc1. The molecule has 0 saturated carbocycles. The maximum atomic E-state index is 12.5. The van der Waals surface area contributed by atoms with E-state index < -0.39 is 11.9 Å². The summed E-state index contributed by atoms with van der Waals surface area (Å²) in [5, 5.41) is 8.64. The van der Waals surface area contributed by atoms with Crippen LogP contribution in [0.4, 0.5) is 0 Å². The molecule has 21 heavy (non-hydrogen) atoms. The van der Waals surface area contributed by atoms with Crippen LogP contribution >= 0.6 is 0 Å². The first-order valence-electron chi connectivity index (χ1n) is 6.93. The van der Waals surface area contributed by atoms with Gasteiger partial charge in [0.25, 0.3) is 5.91 Å². The average Bonchev–Trinajstić information content (AvgIpc) is 2.52. The highest BCUT2D eigenvalue weighted by molar-refractivity contribution is 5.97. The van der Waals surface area contributed by atoms with Crippen LogP contribution in [0.25, 0.3) is 0 Å². The minimum atomic E-state index is -0.514. The van der Waals surface area contributed by atoms with Gasteiger partial charge in [0.05, 0.1) is 0 Å². The molecule has 0 bridgehead atoms. The van der Waals surface area contributed by atoms with Gasteiger partial charge in [-0.15, -0.1) is 0 Å². The number of likely N-dealkylation sites (tertiary alicyclic amines) is 1. The van der Waals surface area contributed by atoms with Crippen LogP contribution in [0.2, 0.25) is 0 Å². The number of rotatable bonds is 2. The third-order valence-corrected chi connectivity index (χ3v) is 3.54. The van der Waals surface area contributed by atoms with E-state index >= 15 is 0 Å². The van der Waals surface area contributed by atoms with E-state index in [1.54, 1.807) is 29.2 Å². The van der Waals surface area contributed by atoms with E-state index in [0.717, 1.165) is 18.4 Å². The van der Waals surface area contributed by atoms with Crippen LogP contribution in [0.1, 0.15) is 35.2 Å². The Kier molecular flexibility index (Phi) is 4.96. The molecule has 2 rings (SSSR count). The van der Waals surface area contributed by atoms with E-state index in [2.05, 4.69) is 11.8 Å². The molecular weight excluding hydrogens is 268 g/mol. The average molecular weight is 286 g/mol. The largest absolute Gasteiger partial charge is 0.384 e. The van der Waals surface area contributed by atoms with Crippen LogP contribution in [0.15, 0.2) is 24.3 Å². The fourth-order valence-electron chi connectivity index (χ4n) is 2.47. The molecule has 1 atom stereocenters. The molecule has 1 aliphatic heterocycles. The first-order valence-corrected chi connectivity index (χ1v) is 6.93. The van der Waals surface area contributed by atoms with E-state index in [9.17, 15) is 9.59 Å². The molecule has 0 aromatic heterocycles. The Balaban J connectivity index is 2.16. The molecule has 0 spiro atoms. The standard InChI is InChI=1S/C16H18N2O3/c17-15(20)14-5-1-2-10-18(14)16(21)13-8-6-12(7-9-13)4-3-11-19/h6-9,14,19H,1-2,5,10-11H2,(H2,17,20). The highest BCUT2D eigenvalue weighted by Crippen LogP contribution is 2.19. The predicted octanol–water partition coefficient (Wildman–Crippen LogP) is 0.510. The number of aliphatic hydroxyl groups is 1. The summed E-state index contributed by atoms with van der Waals surface area (Å²) in [5.74, 6) is 4.68. The molecule has 0 aliphatic carbocycles. The molecule has 2 amide bonds. The number of carbonyl (C=O) groups is 2.